The number of ether oxygens (including phenoxy) is 2. The fourth-order valence-corrected chi connectivity index (χ4v) is 3.08. The van der Waals surface area contributed by atoms with Gasteiger partial charge in [0, 0.05) is 39.3 Å². The van der Waals surface area contributed by atoms with Gasteiger partial charge in [-0.3, -0.25) is 4.79 Å². The van der Waals surface area contributed by atoms with Crippen LogP contribution in [0.5, 0.6) is 5.75 Å². The summed E-state index contributed by atoms with van der Waals surface area (Å²) in [6.45, 7) is 2.33. The first-order chi connectivity index (χ1) is 12.1. The lowest BCUT2D eigenvalue weighted by Crippen LogP contribution is -2.49. The highest BCUT2D eigenvalue weighted by Gasteiger charge is 2.26. The molecule has 2 heterocycles. The predicted molar refractivity (Wildman–Crippen MR) is 89.4 cm³/mol. The second-order valence-corrected chi connectivity index (χ2v) is 6.07. The third-order valence-electron chi connectivity index (χ3n) is 4.43. The number of carbonyl (C=O) groups excluding carboxylic acids is 2. The first kappa shape index (κ1) is 17.3. The number of fused-ring (bicyclic) bond motifs is 1. The van der Waals surface area contributed by atoms with Gasteiger partial charge in [0.15, 0.2) is 6.61 Å². The first-order valence-corrected chi connectivity index (χ1v) is 8.41. The zero-order valence-corrected chi connectivity index (χ0v) is 14.2. The number of rotatable bonds is 3. The molecule has 0 radical (unpaired) electrons. The maximum atomic E-state index is 13.9. The summed E-state index contributed by atoms with van der Waals surface area (Å²) >= 11 is 0. The van der Waals surface area contributed by atoms with Crippen LogP contribution in [0.1, 0.15) is 12.0 Å². The minimum Gasteiger partial charge on any atom is -0.491 e. The average Bonchev–Trinajstić information content (AvgIpc) is 2.65. The smallest absolute Gasteiger partial charge is 0.410 e. The molecule has 0 bridgehead atoms. The molecule has 8 heteroatoms. The summed E-state index contributed by atoms with van der Waals surface area (Å²) in [5.74, 6) is 0.130. The van der Waals surface area contributed by atoms with Gasteiger partial charge in [0.25, 0.3) is 5.91 Å². The molecule has 3 rings (SSSR count). The van der Waals surface area contributed by atoms with Crippen LogP contribution in [0.25, 0.3) is 0 Å². The molecule has 1 fully saturated rings. The van der Waals surface area contributed by atoms with Crippen LogP contribution in [-0.2, 0) is 16.0 Å². The Hall–Kier alpha value is -2.51. The third kappa shape index (κ3) is 3.94. The van der Waals surface area contributed by atoms with E-state index >= 15 is 0 Å². The Morgan fingerprint density at radius 3 is 2.76 bits per heavy atom. The maximum absolute atomic E-state index is 13.9. The van der Waals surface area contributed by atoms with Crippen LogP contribution in [0.15, 0.2) is 12.1 Å². The van der Waals surface area contributed by atoms with Crippen molar-refractivity contribution in [2.24, 2.45) is 0 Å². The van der Waals surface area contributed by atoms with E-state index in [9.17, 15) is 14.0 Å². The van der Waals surface area contributed by atoms with Crippen LogP contribution in [0.2, 0.25) is 0 Å². The van der Waals surface area contributed by atoms with E-state index in [1.165, 1.54) is 19.2 Å². The number of amides is 2. The number of anilines is 1. The van der Waals surface area contributed by atoms with E-state index in [2.05, 4.69) is 5.32 Å². The number of likely N-dealkylation sites (N-methyl/N-ethyl adjacent to an activating group) is 1. The molecule has 25 heavy (non-hydrogen) atoms. The Morgan fingerprint density at radius 2 is 2.04 bits per heavy atom. The van der Waals surface area contributed by atoms with Gasteiger partial charge in [0.2, 0.25) is 0 Å². The topological polar surface area (TPSA) is 71.1 Å². The van der Waals surface area contributed by atoms with E-state index in [4.69, 9.17) is 9.47 Å². The van der Waals surface area contributed by atoms with Crippen molar-refractivity contribution in [3.05, 3.63) is 23.5 Å². The highest BCUT2D eigenvalue weighted by molar-refractivity contribution is 5.79. The Bertz CT molecular complexity index is 660. The quantitative estimate of drug-likeness (QED) is 0.885. The molecule has 136 valence electrons. The van der Waals surface area contributed by atoms with Crippen molar-refractivity contribution in [3.8, 4) is 5.75 Å². The monoisotopic (exact) mass is 351 g/mol. The molecule has 1 aromatic carbocycles. The zero-order chi connectivity index (χ0) is 17.8. The van der Waals surface area contributed by atoms with Gasteiger partial charge in [-0.2, -0.15) is 0 Å². The molecule has 2 aliphatic heterocycles. The summed E-state index contributed by atoms with van der Waals surface area (Å²) in [7, 11) is 1.48. The van der Waals surface area contributed by atoms with E-state index in [1.54, 1.807) is 4.90 Å². The summed E-state index contributed by atoms with van der Waals surface area (Å²) in [5.41, 5.74) is 1.64. The maximum Gasteiger partial charge on any atom is 0.410 e. The van der Waals surface area contributed by atoms with Gasteiger partial charge in [-0.05, 0) is 24.5 Å². The number of aryl methyl sites for hydroxylation is 1. The van der Waals surface area contributed by atoms with Crippen molar-refractivity contribution in [2.75, 3.05) is 51.3 Å². The summed E-state index contributed by atoms with van der Waals surface area (Å²) in [5, 5.41) is 2.39. The second kappa shape index (κ2) is 7.58. The molecule has 0 aromatic heterocycles. The molecule has 1 aromatic rings. The van der Waals surface area contributed by atoms with Crippen LogP contribution >= 0.6 is 0 Å². The van der Waals surface area contributed by atoms with Gasteiger partial charge < -0.3 is 24.6 Å². The normalized spacial score (nSPS) is 16.7. The summed E-state index contributed by atoms with van der Waals surface area (Å²) in [6, 6.07) is 3.02. The van der Waals surface area contributed by atoms with Crippen molar-refractivity contribution in [2.45, 2.75) is 12.8 Å². The molecule has 1 saturated heterocycles. The van der Waals surface area contributed by atoms with E-state index in [0.717, 1.165) is 29.8 Å². The van der Waals surface area contributed by atoms with Gasteiger partial charge in [0.1, 0.15) is 11.6 Å². The summed E-state index contributed by atoms with van der Waals surface area (Å²) in [4.78, 5) is 26.7. The van der Waals surface area contributed by atoms with Gasteiger partial charge in [-0.25, -0.2) is 9.18 Å². The van der Waals surface area contributed by atoms with Gasteiger partial charge >= 0.3 is 6.09 Å². The van der Waals surface area contributed by atoms with E-state index < -0.39 is 6.09 Å². The molecule has 0 atom stereocenters. The van der Waals surface area contributed by atoms with Crippen LogP contribution in [0.3, 0.4) is 0 Å². The average molecular weight is 351 g/mol. The van der Waals surface area contributed by atoms with Gasteiger partial charge in [0.05, 0.1) is 12.3 Å². The Labute approximate surface area is 145 Å². The highest BCUT2D eigenvalue weighted by Crippen LogP contribution is 2.37. The minimum atomic E-state index is -0.513. The molecule has 2 aliphatic rings. The minimum absolute atomic E-state index is 0.272. The molecule has 0 saturated carbocycles. The molecular formula is C17H22FN3O4. The Morgan fingerprint density at radius 1 is 1.28 bits per heavy atom. The van der Waals surface area contributed by atoms with Crippen molar-refractivity contribution in [1.29, 1.82) is 0 Å². The lowest BCUT2D eigenvalue weighted by Gasteiger charge is -2.37. The van der Waals surface area contributed by atoms with Gasteiger partial charge in [-0.15, -0.1) is 0 Å². The number of halogens is 1. The summed E-state index contributed by atoms with van der Waals surface area (Å²) < 4.78 is 24.6. The van der Waals surface area contributed by atoms with E-state index in [0.29, 0.717) is 32.8 Å². The molecular weight excluding hydrogens is 329 g/mol. The van der Waals surface area contributed by atoms with Crippen LogP contribution in [0, 0.1) is 5.82 Å². The first-order valence-electron chi connectivity index (χ1n) is 8.41. The number of nitrogens with zero attached hydrogens (tertiary/aromatic N) is 2. The van der Waals surface area contributed by atoms with Gasteiger partial charge in [-0.1, -0.05) is 0 Å². The number of benzene rings is 1. The number of carbonyl (C=O) groups is 2. The fraction of sp³-hybridized carbons (Fsp3) is 0.529. The Kier molecular flexibility index (Phi) is 5.25. The molecule has 1 N–H and O–H groups in total. The lowest BCUT2D eigenvalue weighted by molar-refractivity contribution is -0.123. The standard InChI is InChI=1S/C17H22FN3O4/c1-19-15(22)11-25-17(23)21-6-4-20(5-7-21)14-10-13(18)9-12-3-2-8-24-16(12)14/h9-10H,2-8,11H2,1H3,(H,19,22). The zero-order valence-electron chi connectivity index (χ0n) is 14.2. The number of piperazine rings is 1. The van der Waals surface area contributed by atoms with Crippen molar-refractivity contribution in [3.63, 3.8) is 0 Å². The van der Waals surface area contributed by atoms with Crippen LogP contribution in [-0.4, -0.2) is 63.3 Å². The van der Waals surface area contributed by atoms with Crippen molar-refractivity contribution < 1.29 is 23.5 Å². The second-order valence-electron chi connectivity index (χ2n) is 6.07. The predicted octanol–water partition coefficient (Wildman–Crippen LogP) is 1.16. The lowest BCUT2D eigenvalue weighted by atomic mass is 10.0. The highest BCUT2D eigenvalue weighted by atomic mass is 19.1. The number of hydrogen-bond donors (Lipinski definition) is 1. The molecule has 0 aliphatic carbocycles. The third-order valence-corrected chi connectivity index (χ3v) is 4.43. The van der Waals surface area contributed by atoms with Crippen LogP contribution < -0.4 is 15.0 Å². The van der Waals surface area contributed by atoms with Crippen LogP contribution in [0.4, 0.5) is 14.9 Å². The summed E-state index contributed by atoms with van der Waals surface area (Å²) in [6.07, 6.45) is 1.19. The molecule has 0 unspecified atom stereocenters. The van der Waals surface area contributed by atoms with Crippen molar-refractivity contribution >= 4 is 17.7 Å². The molecule has 0 spiro atoms. The fourth-order valence-electron chi connectivity index (χ4n) is 3.08. The molecule has 7 nitrogen and oxygen atoms in total. The number of hydrogen-bond acceptors (Lipinski definition) is 5. The van der Waals surface area contributed by atoms with E-state index in [-0.39, 0.29) is 18.3 Å². The SMILES string of the molecule is CNC(=O)COC(=O)N1CCN(c2cc(F)cc3c2OCCC3)CC1. The van der Waals surface area contributed by atoms with Crippen molar-refractivity contribution in [1.82, 2.24) is 10.2 Å². The largest absolute Gasteiger partial charge is 0.491 e. The Balaban J connectivity index is 1.62. The number of nitrogens with one attached hydrogen (secondary N) is 1. The van der Waals surface area contributed by atoms with E-state index in [1.807, 2.05) is 4.90 Å². The molecule has 2 amide bonds.